The molecule has 1 fully saturated rings. The van der Waals surface area contributed by atoms with Crippen LogP contribution >= 0.6 is 0 Å². The van der Waals surface area contributed by atoms with Crippen molar-refractivity contribution in [1.82, 2.24) is 25.5 Å². The number of hydrogen-bond donors (Lipinski definition) is 2. The summed E-state index contributed by atoms with van der Waals surface area (Å²) in [6, 6.07) is 10.4. The van der Waals surface area contributed by atoms with Crippen molar-refractivity contribution in [1.29, 1.82) is 0 Å². The van der Waals surface area contributed by atoms with Crippen LogP contribution in [0.3, 0.4) is 0 Å². The summed E-state index contributed by atoms with van der Waals surface area (Å²) >= 11 is 0. The fourth-order valence-corrected chi connectivity index (χ4v) is 2.19. The Morgan fingerprint density at radius 3 is 3.00 bits per heavy atom. The molecule has 6 nitrogen and oxygen atoms in total. The first-order valence-corrected chi connectivity index (χ1v) is 6.24. The molecular formula is C12H16N6. The summed E-state index contributed by atoms with van der Waals surface area (Å²) in [7, 11) is 0. The second-order valence-electron chi connectivity index (χ2n) is 4.42. The summed E-state index contributed by atoms with van der Waals surface area (Å²) in [6.45, 7) is 1.96. The Hall–Kier alpha value is -1.95. The largest absolute Gasteiger partial charge is 0.351 e. The fraction of sp³-hybridized carbons (Fsp3) is 0.417. The number of benzene rings is 1. The molecule has 0 bridgehead atoms. The standard InChI is InChI=1S/C12H16N6/c1-2-6-11(7-3-1)18-12(15-16-17-18)14-9-10-5-4-8-13-10/h1-3,6-7,10,13H,4-5,8-9H2,(H,14,15,17). The van der Waals surface area contributed by atoms with Crippen molar-refractivity contribution < 1.29 is 0 Å². The van der Waals surface area contributed by atoms with E-state index >= 15 is 0 Å². The van der Waals surface area contributed by atoms with Crippen molar-refractivity contribution in [2.24, 2.45) is 0 Å². The van der Waals surface area contributed by atoms with Gasteiger partial charge in [0.15, 0.2) is 0 Å². The Morgan fingerprint density at radius 2 is 2.22 bits per heavy atom. The van der Waals surface area contributed by atoms with Gasteiger partial charge in [0.05, 0.1) is 5.69 Å². The number of nitrogens with one attached hydrogen (secondary N) is 2. The van der Waals surface area contributed by atoms with Crippen molar-refractivity contribution in [3.8, 4) is 5.69 Å². The van der Waals surface area contributed by atoms with Gasteiger partial charge in [-0.1, -0.05) is 23.3 Å². The van der Waals surface area contributed by atoms with Crippen molar-refractivity contribution in [2.75, 3.05) is 18.4 Å². The molecule has 1 saturated heterocycles. The maximum absolute atomic E-state index is 4.02. The SMILES string of the molecule is c1ccc(-n2nnnc2NCC2CCCN2)cc1. The summed E-state index contributed by atoms with van der Waals surface area (Å²) in [5.74, 6) is 0.690. The molecule has 2 N–H and O–H groups in total. The van der Waals surface area contributed by atoms with Gasteiger partial charge in [-0.2, -0.15) is 4.68 Å². The van der Waals surface area contributed by atoms with E-state index in [1.54, 1.807) is 4.68 Å². The van der Waals surface area contributed by atoms with E-state index in [-0.39, 0.29) is 0 Å². The Balaban J connectivity index is 1.71. The highest BCUT2D eigenvalue weighted by molar-refractivity contribution is 5.38. The number of rotatable bonds is 4. The number of para-hydroxylation sites is 1. The predicted molar refractivity (Wildman–Crippen MR) is 68.7 cm³/mol. The van der Waals surface area contributed by atoms with Gasteiger partial charge in [-0.05, 0) is 41.9 Å². The van der Waals surface area contributed by atoms with Crippen LogP contribution in [0.4, 0.5) is 5.95 Å². The quantitative estimate of drug-likeness (QED) is 0.833. The summed E-state index contributed by atoms with van der Waals surface area (Å²) in [5.41, 5.74) is 0.962. The smallest absolute Gasteiger partial charge is 0.247 e. The Labute approximate surface area is 105 Å². The maximum Gasteiger partial charge on any atom is 0.247 e. The van der Waals surface area contributed by atoms with E-state index in [0.717, 1.165) is 18.8 Å². The zero-order valence-electron chi connectivity index (χ0n) is 10.1. The predicted octanol–water partition coefficient (Wildman–Crippen LogP) is 0.826. The van der Waals surface area contributed by atoms with Crippen molar-refractivity contribution >= 4 is 5.95 Å². The zero-order valence-corrected chi connectivity index (χ0v) is 10.1. The van der Waals surface area contributed by atoms with Gasteiger partial charge in [0, 0.05) is 12.6 Å². The Kier molecular flexibility index (Phi) is 3.18. The third-order valence-corrected chi connectivity index (χ3v) is 3.14. The third-order valence-electron chi connectivity index (χ3n) is 3.14. The monoisotopic (exact) mass is 244 g/mol. The van der Waals surface area contributed by atoms with E-state index in [9.17, 15) is 0 Å². The van der Waals surface area contributed by atoms with Gasteiger partial charge in [-0.3, -0.25) is 0 Å². The minimum Gasteiger partial charge on any atom is -0.351 e. The number of tetrazole rings is 1. The molecule has 1 unspecified atom stereocenters. The van der Waals surface area contributed by atoms with Crippen LogP contribution in [-0.2, 0) is 0 Å². The van der Waals surface area contributed by atoms with Crippen molar-refractivity contribution in [3.05, 3.63) is 30.3 Å². The van der Waals surface area contributed by atoms with Gasteiger partial charge in [-0.25, -0.2) is 0 Å². The lowest BCUT2D eigenvalue weighted by molar-refractivity contribution is 0.629. The molecule has 0 spiro atoms. The number of anilines is 1. The lowest BCUT2D eigenvalue weighted by Gasteiger charge is -2.11. The molecule has 2 aromatic rings. The molecule has 1 aromatic heterocycles. The number of nitrogens with zero attached hydrogens (tertiary/aromatic N) is 4. The van der Waals surface area contributed by atoms with Crippen LogP contribution in [0.2, 0.25) is 0 Å². The second-order valence-corrected chi connectivity index (χ2v) is 4.42. The van der Waals surface area contributed by atoms with Crippen LogP contribution in [0.15, 0.2) is 30.3 Å². The van der Waals surface area contributed by atoms with E-state index < -0.39 is 0 Å². The lowest BCUT2D eigenvalue weighted by atomic mass is 10.2. The summed E-state index contributed by atoms with van der Waals surface area (Å²) in [5, 5.41) is 18.5. The number of hydrogen-bond acceptors (Lipinski definition) is 5. The summed E-state index contributed by atoms with van der Waals surface area (Å²) < 4.78 is 1.72. The molecule has 1 aromatic carbocycles. The second kappa shape index (κ2) is 5.14. The van der Waals surface area contributed by atoms with Gasteiger partial charge in [-0.15, -0.1) is 0 Å². The van der Waals surface area contributed by atoms with Gasteiger partial charge < -0.3 is 10.6 Å². The van der Waals surface area contributed by atoms with E-state index in [0.29, 0.717) is 12.0 Å². The highest BCUT2D eigenvalue weighted by atomic mass is 15.6. The maximum atomic E-state index is 4.02. The Bertz CT molecular complexity index is 488. The molecule has 1 aliphatic heterocycles. The molecule has 0 radical (unpaired) electrons. The van der Waals surface area contributed by atoms with Crippen LogP contribution in [0.1, 0.15) is 12.8 Å². The molecule has 2 heterocycles. The molecule has 0 saturated carbocycles. The van der Waals surface area contributed by atoms with Gasteiger partial charge in [0.25, 0.3) is 0 Å². The summed E-state index contributed by atoms with van der Waals surface area (Å²) in [4.78, 5) is 0. The van der Waals surface area contributed by atoms with Gasteiger partial charge >= 0.3 is 0 Å². The lowest BCUT2D eigenvalue weighted by Crippen LogP contribution is -2.30. The van der Waals surface area contributed by atoms with Crippen LogP contribution in [0.5, 0.6) is 0 Å². The fourth-order valence-electron chi connectivity index (χ4n) is 2.19. The molecule has 6 heteroatoms. The minimum absolute atomic E-state index is 0.519. The highest BCUT2D eigenvalue weighted by Gasteiger charge is 2.15. The molecular weight excluding hydrogens is 228 g/mol. The van der Waals surface area contributed by atoms with Crippen LogP contribution < -0.4 is 10.6 Å². The molecule has 0 aliphatic carbocycles. The number of aromatic nitrogens is 4. The van der Waals surface area contributed by atoms with E-state index in [4.69, 9.17) is 0 Å². The van der Waals surface area contributed by atoms with E-state index in [1.165, 1.54) is 12.8 Å². The highest BCUT2D eigenvalue weighted by Crippen LogP contribution is 2.11. The summed E-state index contributed by atoms with van der Waals surface area (Å²) in [6.07, 6.45) is 2.45. The first-order valence-electron chi connectivity index (χ1n) is 6.24. The average molecular weight is 244 g/mol. The molecule has 94 valence electrons. The first kappa shape index (κ1) is 11.2. The van der Waals surface area contributed by atoms with Gasteiger partial charge in [0.2, 0.25) is 5.95 Å². The van der Waals surface area contributed by atoms with E-state index in [2.05, 4.69) is 26.2 Å². The van der Waals surface area contributed by atoms with Crippen LogP contribution in [0.25, 0.3) is 5.69 Å². The van der Waals surface area contributed by atoms with E-state index in [1.807, 2.05) is 30.3 Å². The molecule has 0 amide bonds. The first-order chi connectivity index (χ1) is 8.93. The van der Waals surface area contributed by atoms with Crippen LogP contribution in [-0.4, -0.2) is 39.3 Å². The molecule has 1 aliphatic rings. The van der Waals surface area contributed by atoms with Crippen LogP contribution in [0, 0.1) is 0 Å². The molecule has 3 rings (SSSR count). The zero-order chi connectivity index (χ0) is 12.2. The third kappa shape index (κ3) is 2.33. The Morgan fingerprint density at radius 1 is 1.33 bits per heavy atom. The average Bonchev–Trinajstić information content (AvgIpc) is 3.09. The topological polar surface area (TPSA) is 67.7 Å². The van der Waals surface area contributed by atoms with Crippen molar-refractivity contribution in [3.63, 3.8) is 0 Å². The molecule has 18 heavy (non-hydrogen) atoms. The van der Waals surface area contributed by atoms with Gasteiger partial charge in [0.1, 0.15) is 0 Å². The van der Waals surface area contributed by atoms with Crippen molar-refractivity contribution in [2.45, 2.75) is 18.9 Å². The molecule has 1 atom stereocenters. The normalized spacial score (nSPS) is 19.0. The minimum atomic E-state index is 0.519.